The van der Waals surface area contributed by atoms with Crippen molar-refractivity contribution in [3.63, 3.8) is 0 Å². The third-order valence-corrected chi connectivity index (χ3v) is 4.74. The van der Waals surface area contributed by atoms with Gasteiger partial charge in [0.05, 0.1) is 12.2 Å². The van der Waals surface area contributed by atoms with Crippen LogP contribution >= 0.6 is 11.3 Å². The van der Waals surface area contributed by atoms with Crippen LogP contribution in [0.2, 0.25) is 0 Å². The maximum atomic E-state index is 12.0. The molecule has 0 saturated heterocycles. The Bertz CT molecular complexity index is 839. The van der Waals surface area contributed by atoms with Crippen molar-refractivity contribution >= 4 is 17.2 Å². The molecule has 1 amide bonds. The van der Waals surface area contributed by atoms with Crippen LogP contribution in [0.1, 0.15) is 16.8 Å². The van der Waals surface area contributed by atoms with Gasteiger partial charge in [-0.2, -0.15) is 0 Å². The number of aromatic nitrogens is 1. The Morgan fingerprint density at radius 3 is 2.52 bits per heavy atom. The summed E-state index contributed by atoms with van der Waals surface area (Å²) in [5, 5.41) is 5.78. The summed E-state index contributed by atoms with van der Waals surface area (Å²) in [6, 6.07) is 15.9. The number of nitrogens with zero attached hydrogens (tertiary/aromatic N) is 1. The largest absolute Gasteiger partial charge is 0.483 e. The number of nitrogens with one attached hydrogen (secondary N) is 1. The SMILES string of the molecule is Cc1cccc(C)c1OCC(=O)NCc1csc(-c2ccccc2)n1. The number of benzene rings is 2. The van der Waals surface area contributed by atoms with Crippen molar-refractivity contribution < 1.29 is 9.53 Å². The average molecular weight is 352 g/mol. The Kier molecular flexibility index (Phi) is 5.46. The molecule has 3 aromatic rings. The molecule has 4 nitrogen and oxygen atoms in total. The second-order valence-corrected chi connectivity index (χ2v) is 6.65. The normalized spacial score (nSPS) is 10.5. The van der Waals surface area contributed by atoms with Gasteiger partial charge in [0.1, 0.15) is 10.8 Å². The Hall–Kier alpha value is -2.66. The number of aryl methyl sites for hydroxylation is 2. The third kappa shape index (κ3) is 4.45. The van der Waals surface area contributed by atoms with Gasteiger partial charge in [0.25, 0.3) is 5.91 Å². The van der Waals surface area contributed by atoms with Crippen molar-refractivity contribution in [2.24, 2.45) is 0 Å². The number of amides is 1. The van der Waals surface area contributed by atoms with Crippen LogP contribution in [0.3, 0.4) is 0 Å². The molecule has 0 aliphatic carbocycles. The minimum absolute atomic E-state index is 0.00136. The van der Waals surface area contributed by atoms with Crippen LogP contribution in [0.4, 0.5) is 0 Å². The molecule has 0 bridgehead atoms. The molecular formula is C20H20N2O2S. The first-order valence-electron chi connectivity index (χ1n) is 8.09. The van der Waals surface area contributed by atoms with E-state index in [4.69, 9.17) is 4.74 Å². The maximum Gasteiger partial charge on any atom is 0.258 e. The lowest BCUT2D eigenvalue weighted by Crippen LogP contribution is -2.28. The van der Waals surface area contributed by atoms with Crippen LogP contribution < -0.4 is 10.1 Å². The van der Waals surface area contributed by atoms with Gasteiger partial charge in [0.2, 0.25) is 0 Å². The highest BCUT2D eigenvalue weighted by atomic mass is 32.1. The van der Waals surface area contributed by atoms with Gasteiger partial charge in [-0.3, -0.25) is 4.79 Å². The molecule has 0 aliphatic rings. The van der Waals surface area contributed by atoms with Gasteiger partial charge in [-0.05, 0) is 25.0 Å². The Morgan fingerprint density at radius 1 is 1.08 bits per heavy atom. The summed E-state index contributed by atoms with van der Waals surface area (Å²) in [7, 11) is 0. The molecule has 1 N–H and O–H groups in total. The molecule has 0 radical (unpaired) electrons. The molecule has 0 atom stereocenters. The summed E-state index contributed by atoms with van der Waals surface area (Å²) < 4.78 is 5.66. The van der Waals surface area contributed by atoms with Crippen molar-refractivity contribution in [3.05, 3.63) is 70.7 Å². The third-order valence-electron chi connectivity index (χ3n) is 3.80. The van der Waals surface area contributed by atoms with Crippen LogP contribution in [-0.2, 0) is 11.3 Å². The number of para-hydroxylation sites is 1. The number of hydrogen-bond donors (Lipinski definition) is 1. The van der Waals surface area contributed by atoms with Crippen LogP contribution in [-0.4, -0.2) is 17.5 Å². The molecule has 0 saturated carbocycles. The number of carbonyl (C=O) groups is 1. The van der Waals surface area contributed by atoms with Crippen LogP contribution in [0, 0.1) is 13.8 Å². The molecule has 0 spiro atoms. The van der Waals surface area contributed by atoms with Gasteiger partial charge in [0.15, 0.2) is 6.61 Å². The van der Waals surface area contributed by atoms with Crippen molar-refractivity contribution in [2.45, 2.75) is 20.4 Å². The van der Waals surface area contributed by atoms with Gasteiger partial charge < -0.3 is 10.1 Å². The zero-order valence-corrected chi connectivity index (χ0v) is 15.1. The van der Waals surface area contributed by atoms with Gasteiger partial charge in [-0.1, -0.05) is 48.5 Å². The molecule has 1 heterocycles. The van der Waals surface area contributed by atoms with E-state index in [0.717, 1.165) is 33.1 Å². The van der Waals surface area contributed by atoms with E-state index in [0.29, 0.717) is 6.54 Å². The van der Waals surface area contributed by atoms with Gasteiger partial charge in [-0.25, -0.2) is 4.98 Å². The smallest absolute Gasteiger partial charge is 0.258 e. The number of hydrogen-bond acceptors (Lipinski definition) is 4. The molecule has 128 valence electrons. The number of carbonyl (C=O) groups excluding carboxylic acids is 1. The fourth-order valence-electron chi connectivity index (χ4n) is 2.51. The maximum absolute atomic E-state index is 12.0. The summed E-state index contributed by atoms with van der Waals surface area (Å²) in [5.41, 5.74) is 3.99. The topological polar surface area (TPSA) is 51.2 Å². The van der Waals surface area contributed by atoms with E-state index >= 15 is 0 Å². The molecule has 0 aliphatic heterocycles. The molecule has 1 aromatic heterocycles. The summed E-state index contributed by atoms with van der Waals surface area (Å²) in [5.74, 6) is 0.620. The fourth-order valence-corrected chi connectivity index (χ4v) is 3.33. The van der Waals surface area contributed by atoms with Crippen molar-refractivity contribution in [1.29, 1.82) is 0 Å². The highest BCUT2D eigenvalue weighted by molar-refractivity contribution is 7.13. The van der Waals surface area contributed by atoms with E-state index in [2.05, 4.69) is 10.3 Å². The molecule has 0 unspecified atom stereocenters. The first-order chi connectivity index (χ1) is 12.1. The molecule has 5 heteroatoms. The molecule has 2 aromatic carbocycles. The minimum atomic E-state index is -0.156. The Labute approximate surface area is 151 Å². The summed E-state index contributed by atoms with van der Waals surface area (Å²) >= 11 is 1.57. The lowest BCUT2D eigenvalue weighted by atomic mass is 10.1. The summed E-state index contributed by atoms with van der Waals surface area (Å²) in [4.78, 5) is 16.6. The lowest BCUT2D eigenvalue weighted by Gasteiger charge is -2.11. The van der Waals surface area contributed by atoms with Gasteiger partial charge in [0, 0.05) is 10.9 Å². The van der Waals surface area contributed by atoms with Crippen molar-refractivity contribution in [3.8, 4) is 16.3 Å². The standard InChI is InChI=1S/C20H20N2O2S/c1-14-7-6-8-15(2)19(14)24-12-18(23)21-11-17-13-25-20(22-17)16-9-4-3-5-10-16/h3-10,13H,11-12H2,1-2H3,(H,21,23). The van der Waals surface area contributed by atoms with Crippen molar-refractivity contribution in [1.82, 2.24) is 10.3 Å². The number of rotatable bonds is 6. The number of thiazole rings is 1. The summed E-state index contributed by atoms with van der Waals surface area (Å²) in [6.07, 6.45) is 0. The predicted octanol–water partition coefficient (Wildman–Crippen LogP) is 4.12. The first-order valence-corrected chi connectivity index (χ1v) is 8.97. The van der Waals surface area contributed by atoms with Crippen LogP contribution in [0.25, 0.3) is 10.6 Å². The second-order valence-electron chi connectivity index (χ2n) is 5.80. The van der Waals surface area contributed by atoms with E-state index in [1.807, 2.05) is 67.8 Å². The van der Waals surface area contributed by atoms with E-state index in [1.165, 1.54) is 0 Å². The first kappa shape index (κ1) is 17.2. The van der Waals surface area contributed by atoms with E-state index in [9.17, 15) is 4.79 Å². The fraction of sp³-hybridized carbons (Fsp3) is 0.200. The average Bonchev–Trinajstić information content (AvgIpc) is 3.09. The predicted molar refractivity (Wildman–Crippen MR) is 101 cm³/mol. The van der Waals surface area contributed by atoms with Gasteiger partial charge in [-0.15, -0.1) is 11.3 Å². The lowest BCUT2D eigenvalue weighted by molar-refractivity contribution is -0.123. The molecular weight excluding hydrogens is 332 g/mol. The van der Waals surface area contributed by atoms with Crippen LogP contribution in [0.15, 0.2) is 53.9 Å². The monoisotopic (exact) mass is 352 g/mol. The van der Waals surface area contributed by atoms with Gasteiger partial charge >= 0.3 is 0 Å². The highest BCUT2D eigenvalue weighted by Crippen LogP contribution is 2.23. The second kappa shape index (κ2) is 7.94. The zero-order valence-electron chi connectivity index (χ0n) is 14.3. The van der Waals surface area contributed by atoms with Crippen LogP contribution in [0.5, 0.6) is 5.75 Å². The molecule has 25 heavy (non-hydrogen) atoms. The quantitative estimate of drug-likeness (QED) is 0.726. The van der Waals surface area contributed by atoms with E-state index < -0.39 is 0 Å². The highest BCUT2D eigenvalue weighted by Gasteiger charge is 2.09. The molecule has 0 fully saturated rings. The Balaban J connectivity index is 1.52. The van der Waals surface area contributed by atoms with E-state index in [-0.39, 0.29) is 12.5 Å². The van der Waals surface area contributed by atoms with E-state index in [1.54, 1.807) is 11.3 Å². The number of ether oxygens (including phenoxy) is 1. The van der Waals surface area contributed by atoms with Crippen molar-refractivity contribution in [2.75, 3.05) is 6.61 Å². The zero-order chi connectivity index (χ0) is 17.6. The molecule has 3 rings (SSSR count). The Morgan fingerprint density at radius 2 is 1.80 bits per heavy atom. The summed E-state index contributed by atoms with van der Waals surface area (Å²) in [6.45, 7) is 4.35. The minimum Gasteiger partial charge on any atom is -0.483 e.